The predicted octanol–water partition coefficient (Wildman–Crippen LogP) is -0.638. The zero-order chi connectivity index (χ0) is 14.0. The van der Waals surface area contributed by atoms with E-state index in [2.05, 4.69) is 10.6 Å². The van der Waals surface area contributed by atoms with Crippen LogP contribution in [0.4, 0.5) is 0 Å². The van der Waals surface area contributed by atoms with Crippen LogP contribution in [0.5, 0.6) is 0 Å². The summed E-state index contributed by atoms with van der Waals surface area (Å²) in [6.07, 6.45) is -1.95. The molecular weight excluding hydrogens is 276 g/mol. The molecule has 0 aromatic carbocycles. The quantitative estimate of drug-likeness (QED) is 0.334. The second-order valence-electron chi connectivity index (χ2n) is 3.58. The SMILES string of the molecule is CC(O)C(=O)NCCSSCCNC(=O)C(C)O. The van der Waals surface area contributed by atoms with Crippen LogP contribution in [0.15, 0.2) is 0 Å². The topological polar surface area (TPSA) is 98.7 Å². The summed E-state index contributed by atoms with van der Waals surface area (Å²) in [5.74, 6) is 0.718. The van der Waals surface area contributed by atoms with Crippen molar-refractivity contribution in [1.29, 1.82) is 0 Å². The van der Waals surface area contributed by atoms with E-state index in [-0.39, 0.29) is 11.8 Å². The molecule has 0 rings (SSSR count). The van der Waals surface area contributed by atoms with Crippen LogP contribution in [0.1, 0.15) is 13.8 Å². The Labute approximate surface area is 115 Å². The van der Waals surface area contributed by atoms with Crippen LogP contribution in [-0.4, -0.2) is 58.8 Å². The smallest absolute Gasteiger partial charge is 0.248 e. The van der Waals surface area contributed by atoms with Crippen molar-refractivity contribution >= 4 is 33.4 Å². The van der Waals surface area contributed by atoms with Crippen LogP contribution in [-0.2, 0) is 9.59 Å². The maximum atomic E-state index is 11.0. The summed E-state index contributed by atoms with van der Waals surface area (Å²) in [5.41, 5.74) is 0. The molecule has 0 saturated heterocycles. The standard InChI is InChI=1S/C10H20N2O4S2/c1-7(13)9(15)11-3-5-17-18-6-4-12-10(16)8(2)14/h7-8,13-14H,3-6H2,1-2H3,(H,11,15)(H,12,16). The van der Waals surface area contributed by atoms with Gasteiger partial charge in [0.2, 0.25) is 11.8 Å². The van der Waals surface area contributed by atoms with Gasteiger partial charge >= 0.3 is 0 Å². The molecule has 0 radical (unpaired) electrons. The normalized spacial score (nSPS) is 13.8. The molecule has 0 heterocycles. The fourth-order valence-electron chi connectivity index (χ4n) is 0.845. The van der Waals surface area contributed by atoms with Crippen molar-refractivity contribution in [2.24, 2.45) is 0 Å². The fourth-order valence-corrected chi connectivity index (χ4v) is 2.66. The monoisotopic (exact) mass is 296 g/mol. The van der Waals surface area contributed by atoms with Crippen molar-refractivity contribution in [3.05, 3.63) is 0 Å². The highest BCUT2D eigenvalue weighted by Gasteiger charge is 2.07. The van der Waals surface area contributed by atoms with Gasteiger partial charge in [-0.3, -0.25) is 9.59 Å². The molecule has 0 bridgehead atoms. The molecule has 6 nitrogen and oxygen atoms in total. The van der Waals surface area contributed by atoms with Gasteiger partial charge in [0, 0.05) is 24.6 Å². The maximum absolute atomic E-state index is 11.0. The van der Waals surface area contributed by atoms with Crippen LogP contribution in [0.3, 0.4) is 0 Å². The Morgan fingerprint density at radius 2 is 1.28 bits per heavy atom. The third kappa shape index (κ3) is 9.58. The lowest BCUT2D eigenvalue weighted by molar-refractivity contribution is -0.128. The average Bonchev–Trinajstić information content (AvgIpc) is 2.31. The minimum Gasteiger partial charge on any atom is -0.384 e. The molecule has 2 amide bonds. The van der Waals surface area contributed by atoms with Gasteiger partial charge in [-0.15, -0.1) is 0 Å². The predicted molar refractivity (Wildman–Crippen MR) is 74.3 cm³/mol. The van der Waals surface area contributed by atoms with Gasteiger partial charge in [-0.2, -0.15) is 0 Å². The summed E-state index contributed by atoms with van der Waals surface area (Å²) in [7, 11) is 3.15. The van der Waals surface area contributed by atoms with Crippen LogP contribution in [0.2, 0.25) is 0 Å². The summed E-state index contributed by atoms with van der Waals surface area (Å²) in [4.78, 5) is 21.9. The molecule has 0 aliphatic carbocycles. The van der Waals surface area contributed by atoms with Crippen molar-refractivity contribution in [1.82, 2.24) is 10.6 Å². The lowest BCUT2D eigenvalue weighted by Gasteiger charge is -2.07. The van der Waals surface area contributed by atoms with Crippen molar-refractivity contribution in [2.45, 2.75) is 26.1 Å². The van der Waals surface area contributed by atoms with Crippen LogP contribution < -0.4 is 10.6 Å². The molecule has 106 valence electrons. The minimum absolute atomic E-state index is 0.371. The van der Waals surface area contributed by atoms with E-state index in [9.17, 15) is 9.59 Å². The number of carbonyl (C=O) groups excluding carboxylic acids is 2. The largest absolute Gasteiger partial charge is 0.384 e. The lowest BCUT2D eigenvalue weighted by atomic mass is 10.4. The Morgan fingerprint density at radius 1 is 0.944 bits per heavy atom. The zero-order valence-electron chi connectivity index (χ0n) is 10.5. The Morgan fingerprint density at radius 3 is 1.56 bits per heavy atom. The minimum atomic E-state index is -0.974. The molecule has 2 unspecified atom stereocenters. The molecule has 0 aromatic heterocycles. The van der Waals surface area contributed by atoms with Gasteiger partial charge in [0.15, 0.2) is 0 Å². The third-order valence-electron chi connectivity index (χ3n) is 1.81. The second kappa shape index (κ2) is 10.5. The summed E-state index contributed by atoms with van der Waals surface area (Å²) < 4.78 is 0. The Balaban J connectivity index is 3.27. The second-order valence-corrected chi connectivity index (χ2v) is 6.28. The van der Waals surface area contributed by atoms with E-state index < -0.39 is 12.2 Å². The number of amides is 2. The van der Waals surface area contributed by atoms with Gasteiger partial charge < -0.3 is 20.8 Å². The van der Waals surface area contributed by atoms with Crippen molar-refractivity contribution < 1.29 is 19.8 Å². The van der Waals surface area contributed by atoms with Crippen LogP contribution >= 0.6 is 21.6 Å². The van der Waals surface area contributed by atoms with E-state index in [1.807, 2.05) is 0 Å². The number of aliphatic hydroxyl groups excluding tert-OH is 2. The first-order chi connectivity index (χ1) is 8.45. The zero-order valence-corrected chi connectivity index (χ0v) is 12.1. The Hall–Kier alpha value is -0.440. The van der Waals surface area contributed by atoms with E-state index >= 15 is 0 Å². The Kier molecular flexibility index (Phi) is 10.2. The first kappa shape index (κ1) is 17.6. The van der Waals surface area contributed by atoms with E-state index in [1.165, 1.54) is 13.8 Å². The van der Waals surface area contributed by atoms with Crippen LogP contribution in [0.25, 0.3) is 0 Å². The molecular formula is C10H20N2O4S2. The third-order valence-corrected chi connectivity index (χ3v) is 4.22. The summed E-state index contributed by atoms with van der Waals surface area (Å²) in [5, 5.41) is 23.0. The molecule has 2 atom stereocenters. The highest BCUT2D eigenvalue weighted by molar-refractivity contribution is 8.76. The highest BCUT2D eigenvalue weighted by atomic mass is 33.1. The molecule has 0 spiro atoms. The van der Waals surface area contributed by atoms with Gasteiger partial charge in [-0.25, -0.2) is 0 Å². The van der Waals surface area contributed by atoms with E-state index in [0.717, 1.165) is 11.5 Å². The molecule has 0 aliphatic heterocycles. The fraction of sp³-hybridized carbons (Fsp3) is 0.800. The maximum Gasteiger partial charge on any atom is 0.248 e. The van der Waals surface area contributed by atoms with E-state index in [0.29, 0.717) is 13.1 Å². The molecule has 8 heteroatoms. The molecule has 0 aromatic rings. The molecule has 0 fully saturated rings. The Bertz CT molecular complexity index is 236. The summed E-state index contributed by atoms with van der Waals surface area (Å²) >= 11 is 0. The average molecular weight is 296 g/mol. The van der Waals surface area contributed by atoms with Gasteiger partial charge in [0.25, 0.3) is 0 Å². The number of hydrogen-bond donors (Lipinski definition) is 4. The number of aliphatic hydroxyl groups is 2. The van der Waals surface area contributed by atoms with Gasteiger partial charge in [-0.05, 0) is 13.8 Å². The van der Waals surface area contributed by atoms with E-state index in [1.54, 1.807) is 21.6 Å². The van der Waals surface area contributed by atoms with Crippen molar-refractivity contribution in [2.75, 3.05) is 24.6 Å². The van der Waals surface area contributed by atoms with Crippen molar-refractivity contribution in [3.8, 4) is 0 Å². The molecule has 0 saturated carbocycles. The van der Waals surface area contributed by atoms with Crippen LogP contribution in [0, 0.1) is 0 Å². The molecule has 18 heavy (non-hydrogen) atoms. The molecule has 4 N–H and O–H groups in total. The number of hydrogen-bond acceptors (Lipinski definition) is 6. The number of nitrogens with one attached hydrogen (secondary N) is 2. The highest BCUT2D eigenvalue weighted by Crippen LogP contribution is 2.19. The summed E-state index contributed by atoms with van der Waals surface area (Å²) in [6, 6.07) is 0. The molecule has 0 aliphatic rings. The van der Waals surface area contributed by atoms with E-state index in [4.69, 9.17) is 10.2 Å². The first-order valence-electron chi connectivity index (χ1n) is 5.61. The lowest BCUT2D eigenvalue weighted by Crippen LogP contribution is -2.34. The first-order valence-corrected chi connectivity index (χ1v) is 8.10. The summed E-state index contributed by atoms with van der Waals surface area (Å²) in [6.45, 7) is 3.84. The van der Waals surface area contributed by atoms with Gasteiger partial charge in [-0.1, -0.05) is 21.6 Å². The number of carbonyl (C=O) groups is 2. The number of rotatable bonds is 9. The van der Waals surface area contributed by atoms with Crippen molar-refractivity contribution in [3.63, 3.8) is 0 Å². The van der Waals surface area contributed by atoms with Gasteiger partial charge in [0.1, 0.15) is 12.2 Å². The van der Waals surface area contributed by atoms with Gasteiger partial charge in [0.05, 0.1) is 0 Å².